The van der Waals surface area contributed by atoms with E-state index < -0.39 is 23.6 Å². The maximum Gasteiger partial charge on any atom is 0.416 e. The molecule has 0 heterocycles. The van der Waals surface area contributed by atoms with E-state index in [0.717, 1.165) is 12.1 Å². The first kappa shape index (κ1) is 15.5. The lowest BCUT2D eigenvalue weighted by Crippen LogP contribution is -2.22. The Labute approximate surface area is 120 Å². The lowest BCUT2D eigenvalue weighted by molar-refractivity contribution is -0.137. The molecule has 1 unspecified atom stereocenters. The van der Waals surface area contributed by atoms with Crippen LogP contribution in [-0.2, 0) is 6.18 Å². The maximum absolute atomic E-state index is 13.3. The Bertz CT molecular complexity index is 607. The van der Waals surface area contributed by atoms with Crippen molar-refractivity contribution in [1.82, 2.24) is 5.32 Å². The van der Waals surface area contributed by atoms with Crippen molar-refractivity contribution in [3.05, 3.63) is 71.0 Å². The molecule has 0 aliphatic rings. The molecule has 0 saturated carbocycles. The van der Waals surface area contributed by atoms with E-state index >= 15 is 0 Å². The molecule has 1 N–H and O–H groups in total. The summed E-state index contributed by atoms with van der Waals surface area (Å²) in [5, 5.41) is 3.09. The summed E-state index contributed by atoms with van der Waals surface area (Å²) in [6.07, 6.45) is -4.39. The molecule has 2 rings (SSSR count). The van der Waals surface area contributed by atoms with Gasteiger partial charge >= 0.3 is 6.18 Å². The third kappa shape index (κ3) is 3.82. The third-order valence-electron chi connectivity index (χ3n) is 3.14. The van der Waals surface area contributed by atoms with E-state index in [4.69, 9.17) is 0 Å². The van der Waals surface area contributed by atoms with Crippen LogP contribution in [0.1, 0.15) is 29.7 Å². The Morgan fingerprint density at radius 1 is 1.00 bits per heavy atom. The number of nitrogens with one attached hydrogen (secondary N) is 1. The lowest BCUT2D eigenvalue weighted by atomic mass is 9.97. The summed E-state index contributed by atoms with van der Waals surface area (Å²) in [7, 11) is 0. The highest BCUT2D eigenvalue weighted by molar-refractivity contribution is 5.35. The minimum Gasteiger partial charge on any atom is -0.307 e. The van der Waals surface area contributed by atoms with Crippen LogP contribution in [0.2, 0.25) is 0 Å². The molecule has 1 atom stereocenters. The minimum absolute atomic E-state index is 0.414. The Morgan fingerprint density at radius 2 is 1.62 bits per heavy atom. The molecule has 0 aliphatic heterocycles. The van der Waals surface area contributed by atoms with Crippen molar-refractivity contribution in [2.24, 2.45) is 0 Å². The van der Waals surface area contributed by atoms with Crippen LogP contribution in [0.4, 0.5) is 17.6 Å². The highest BCUT2D eigenvalue weighted by atomic mass is 19.4. The van der Waals surface area contributed by atoms with Crippen molar-refractivity contribution in [1.29, 1.82) is 0 Å². The van der Waals surface area contributed by atoms with Crippen LogP contribution >= 0.6 is 0 Å². The molecule has 0 aliphatic carbocycles. The Hall–Kier alpha value is -1.88. The Balaban J connectivity index is 2.43. The van der Waals surface area contributed by atoms with Gasteiger partial charge < -0.3 is 5.32 Å². The van der Waals surface area contributed by atoms with Crippen LogP contribution < -0.4 is 5.32 Å². The van der Waals surface area contributed by atoms with Gasteiger partial charge in [-0.05, 0) is 41.9 Å². The Kier molecular flexibility index (Phi) is 4.63. The maximum atomic E-state index is 13.3. The van der Waals surface area contributed by atoms with Crippen molar-refractivity contribution in [2.45, 2.75) is 19.1 Å². The summed E-state index contributed by atoms with van der Waals surface area (Å²) < 4.78 is 51.8. The van der Waals surface area contributed by atoms with E-state index in [1.165, 1.54) is 18.2 Å². The number of hydrogen-bond acceptors (Lipinski definition) is 1. The third-order valence-corrected chi connectivity index (χ3v) is 3.14. The molecule has 112 valence electrons. The van der Waals surface area contributed by atoms with E-state index in [-0.39, 0.29) is 0 Å². The van der Waals surface area contributed by atoms with E-state index in [9.17, 15) is 17.6 Å². The van der Waals surface area contributed by atoms with Gasteiger partial charge in [0, 0.05) is 0 Å². The van der Waals surface area contributed by atoms with Crippen LogP contribution in [0.5, 0.6) is 0 Å². The molecule has 0 aromatic heterocycles. The van der Waals surface area contributed by atoms with E-state index in [0.29, 0.717) is 17.7 Å². The zero-order chi connectivity index (χ0) is 15.5. The molecule has 0 bridgehead atoms. The Morgan fingerprint density at radius 3 is 2.19 bits per heavy atom. The first-order valence-corrected chi connectivity index (χ1v) is 6.58. The van der Waals surface area contributed by atoms with Crippen molar-refractivity contribution >= 4 is 0 Å². The average Bonchev–Trinajstić information content (AvgIpc) is 2.44. The van der Waals surface area contributed by atoms with Gasteiger partial charge in [-0.1, -0.05) is 31.2 Å². The monoisotopic (exact) mass is 297 g/mol. The molecule has 2 aromatic carbocycles. The molecule has 0 radical (unpaired) electrons. The van der Waals surface area contributed by atoms with Crippen molar-refractivity contribution < 1.29 is 17.6 Å². The summed E-state index contributed by atoms with van der Waals surface area (Å²) in [4.78, 5) is 0. The van der Waals surface area contributed by atoms with Crippen LogP contribution in [0, 0.1) is 5.82 Å². The molecule has 21 heavy (non-hydrogen) atoms. The fraction of sp³-hybridized carbons (Fsp3) is 0.250. The fourth-order valence-electron chi connectivity index (χ4n) is 2.21. The van der Waals surface area contributed by atoms with E-state index in [2.05, 4.69) is 5.32 Å². The molecule has 5 heteroatoms. The van der Waals surface area contributed by atoms with Gasteiger partial charge in [0.2, 0.25) is 0 Å². The van der Waals surface area contributed by atoms with Gasteiger partial charge in [0.25, 0.3) is 0 Å². The van der Waals surface area contributed by atoms with Gasteiger partial charge in [0.1, 0.15) is 5.82 Å². The predicted octanol–water partition coefficient (Wildman–Crippen LogP) is 4.54. The minimum atomic E-state index is -4.39. The lowest BCUT2D eigenvalue weighted by Gasteiger charge is -2.20. The van der Waals surface area contributed by atoms with Crippen LogP contribution in [-0.4, -0.2) is 6.54 Å². The van der Waals surface area contributed by atoms with Gasteiger partial charge in [0.05, 0.1) is 11.6 Å². The first-order valence-electron chi connectivity index (χ1n) is 6.58. The number of hydrogen-bond donors (Lipinski definition) is 1. The normalized spacial score (nSPS) is 13.2. The zero-order valence-corrected chi connectivity index (χ0v) is 11.4. The molecule has 0 spiro atoms. The molecule has 0 amide bonds. The zero-order valence-electron chi connectivity index (χ0n) is 11.4. The number of benzene rings is 2. The van der Waals surface area contributed by atoms with Crippen molar-refractivity contribution in [3.8, 4) is 0 Å². The van der Waals surface area contributed by atoms with E-state index in [1.807, 2.05) is 6.92 Å². The van der Waals surface area contributed by atoms with Crippen molar-refractivity contribution in [3.63, 3.8) is 0 Å². The number of rotatable bonds is 4. The van der Waals surface area contributed by atoms with Gasteiger partial charge in [-0.25, -0.2) is 4.39 Å². The summed E-state index contributed by atoms with van der Waals surface area (Å²) in [6.45, 7) is 2.40. The number of halogens is 4. The predicted molar refractivity (Wildman–Crippen MR) is 73.4 cm³/mol. The first-order chi connectivity index (χ1) is 9.91. The molecule has 0 fully saturated rings. The SMILES string of the molecule is CCNC(c1cccc(F)c1)c1cccc(C(F)(F)F)c1. The van der Waals surface area contributed by atoms with Gasteiger partial charge in [-0.2, -0.15) is 13.2 Å². The van der Waals surface area contributed by atoms with E-state index in [1.54, 1.807) is 18.2 Å². The summed E-state index contributed by atoms with van der Waals surface area (Å²) in [6, 6.07) is 10.5. The highest BCUT2D eigenvalue weighted by Crippen LogP contribution is 2.32. The second kappa shape index (κ2) is 6.26. The standard InChI is InChI=1S/C16H15F4N/c1-2-21-15(12-6-4-8-14(17)10-12)11-5-3-7-13(9-11)16(18,19)20/h3-10,15,21H,2H2,1H3. The second-order valence-electron chi connectivity index (χ2n) is 4.67. The van der Waals surface area contributed by atoms with Crippen LogP contribution in [0.3, 0.4) is 0 Å². The second-order valence-corrected chi connectivity index (χ2v) is 4.67. The summed E-state index contributed by atoms with van der Waals surface area (Å²) >= 11 is 0. The fourth-order valence-corrected chi connectivity index (χ4v) is 2.21. The van der Waals surface area contributed by atoms with Gasteiger partial charge in [-0.15, -0.1) is 0 Å². The molecule has 1 nitrogen and oxygen atoms in total. The smallest absolute Gasteiger partial charge is 0.307 e. The summed E-state index contributed by atoms with van der Waals surface area (Å²) in [5.74, 6) is -0.414. The van der Waals surface area contributed by atoms with Crippen molar-refractivity contribution in [2.75, 3.05) is 6.54 Å². The summed E-state index contributed by atoms with van der Waals surface area (Å²) in [5.41, 5.74) is 0.341. The van der Waals surface area contributed by atoms with Crippen LogP contribution in [0.15, 0.2) is 48.5 Å². The average molecular weight is 297 g/mol. The van der Waals surface area contributed by atoms with Gasteiger partial charge in [0.15, 0.2) is 0 Å². The quantitative estimate of drug-likeness (QED) is 0.817. The largest absolute Gasteiger partial charge is 0.416 e. The van der Waals surface area contributed by atoms with Gasteiger partial charge in [-0.3, -0.25) is 0 Å². The molecule has 0 saturated heterocycles. The number of alkyl halides is 3. The topological polar surface area (TPSA) is 12.0 Å². The molecular weight excluding hydrogens is 282 g/mol. The molecule has 2 aromatic rings. The highest BCUT2D eigenvalue weighted by Gasteiger charge is 2.31. The van der Waals surface area contributed by atoms with Crippen LogP contribution in [0.25, 0.3) is 0 Å². The molecular formula is C16H15F4N.